The molecular formula is C15H14BrNOS. The smallest absolute Gasteiger partial charge is 0.252 e. The summed E-state index contributed by atoms with van der Waals surface area (Å²) in [6, 6.07) is 15.5. The van der Waals surface area contributed by atoms with Crippen molar-refractivity contribution in [3.63, 3.8) is 0 Å². The number of halogens is 1. The van der Waals surface area contributed by atoms with Gasteiger partial charge in [-0.2, -0.15) is 0 Å². The van der Waals surface area contributed by atoms with Gasteiger partial charge in [0.1, 0.15) is 0 Å². The molecule has 2 aromatic rings. The summed E-state index contributed by atoms with van der Waals surface area (Å²) in [5.41, 5.74) is 1.81. The Morgan fingerprint density at radius 3 is 2.58 bits per heavy atom. The van der Waals surface area contributed by atoms with Crippen LogP contribution in [-0.4, -0.2) is 12.5 Å². The van der Waals surface area contributed by atoms with E-state index in [2.05, 4.69) is 46.0 Å². The summed E-state index contributed by atoms with van der Waals surface area (Å²) in [6.07, 6.45) is 0.824. The molecule has 0 saturated carbocycles. The van der Waals surface area contributed by atoms with E-state index < -0.39 is 0 Å². The first-order valence-corrected chi connectivity index (χ1v) is 7.21. The van der Waals surface area contributed by atoms with Gasteiger partial charge in [0.05, 0.1) is 5.56 Å². The van der Waals surface area contributed by atoms with Crippen molar-refractivity contribution in [3.05, 3.63) is 64.1 Å². The summed E-state index contributed by atoms with van der Waals surface area (Å²) in [4.78, 5) is 12.7. The number of benzene rings is 2. The Hall–Kier alpha value is -1.26. The Morgan fingerprint density at radius 1 is 1.16 bits per heavy atom. The summed E-state index contributed by atoms with van der Waals surface area (Å²) in [7, 11) is 0. The molecule has 0 aliphatic carbocycles. The molecule has 0 fully saturated rings. The van der Waals surface area contributed by atoms with E-state index in [1.165, 1.54) is 5.56 Å². The van der Waals surface area contributed by atoms with Gasteiger partial charge in [-0.15, -0.1) is 12.6 Å². The highest BCUT2D eigenvalue weighted by Crippen LogP contribution is 2.19. The van der Waals surface area contributed by atoms with E-state index in [-0.39, 0.29) is 5.91 Å². The van der Waals surface area contributed by atoms with Gasteiger partial charge in [0, 0.05) is 15.9 Å². The average molecular weight is 336 g/mol. The van der Waals surface area contributed by atoms with Crippen LogP contribution in [0, 0.1) is 0 Å². The van der Waals surface area contributed by atoms with Crippen LogP contribution in [-0.2, 0) is 6.42 Å². The number of carbonyl (C=O) groups excluding carboxylic acids is 1. The van der Waals surface area contributed by atoms with Crippen molar-refractivity contribution in [3.8, 4) is 0 Å². The molecule has 4 heteroatoms. The predicted octanol–water partition coefficient (Wildman–Crippen LogP) is 3.71. The van der Waals surface area contributed by atoms with Gasteiger partial charge in [-0.1, -0.05) is 46.3 Å². The molecule has 2 aromatic carbocycles. The molecule has 0 heterocycles. The molecule has 0 radical (unpaired) electrons. The maximum atomic E-state index is 12.0. The number of hydrogen-bond donors (Lipinski definition) is 2. The van der Waals surface area contributed by atoms with E-state index in [4.69, 9.17) is 0 Å². The number of carbonyl (C=O) groups is 1. The van der Waals surface area contributed by atoms with Crippen LogP contribution in [0.5, 0.6) is 0 Å². The Bertz CT molecular complexity index is 572. The normalized spacial score (nSPS) is 10.2. The van der Waals surface area contributed by atoms with Gasteiger partial charge in [0.25, 0.3) is 5.91 Å². The number of nitrogens with one attached hydrogen (secondary N) is 1. The van der Waals surface area contributed by atoms with Crippen LogP contribution < -0.4 is 5.32 Å². The number of hydrogen-bond acceptors (Lipinski definition) is 2. The molecule has 0 unspecified atom stereocenters. The zero-order valence-electron chi connectivity index (χ0n) is 10.3. The monoisotopic (exact) mass is 335 g/mol. The third-order valence-electron chi connectivity index (χ3n) is 2.75. The van der Waals surface area contributed by atoms with E-state index in [1.807, 2.05) is 30.3 Å². The second-order valence-electron chi connectivity index (χ2n) is 4.15. The summed E-state index contributed by atoms with van der Waals surface area (Å²) in [6.45, 7) is 0.617. The lowest BCUT2D eigenvalue weighted by molar-refractivity contribution is 0.0951. The van der Waals surface area contributed by atoms with Gasteiger partial charge in [-0.3, -0.25) is 4.79 Å². The molecule has 0 aliphatic rings. The van der Waals surface area contributed by atoms with Crippen molar-refractivity contribution in [2.75, 3.05) is 6.54 Å². The first-order valence-electron chi connectivity index (χ1n) is 5.97. The molecule has 0 atom stereocenters. The molecule has 98 valence electrons. The van der Waals surface area contributed by atoms with E-state index in [0.29, 0.717) is 17.0 Å². The van der Waals surface area contributed by atoms with Gasteiger partial charge in [-0.05, 0) is 30.2 Å². The summed E-state index contributed by atoms with van der Waals surface area (Å²) < 4.78 is 0.915. The van der Waals surface area contributed by atoms with Crippen molar-refractivity contribution in [2.24, 2.45) is 0 Å². The van der Waals surface area contributed by atoms with Gasteiger partial charge in [0.2, 0.25) is 0 Å². The van der Waals surface area contributed by atoms with E-state index in [0.717, 1.165) is 10.9 Å². The highest BCUT2D eigenvalue weighted by molar-refractivity contribution is 9.10. The van der Waals surface area contributed by atoms with Crippen LogP contribution in [0.4, 0.5) is 0 Å². The number of thiol groups is 1. The number of amides is 1. The fraction of sp³-hybridized carbons (Fsp3) is 0.133. The molecule has 2 nitrogen and oxygen atoms in total. The first kappa shape index (κ1) is 14.2. The van der Waals surface area contributed by atoms with E-state index >= 15 is 0 Å². The highest BCUT2D eigenvalue weighted by Gasteiger charge is 2.08. The molecule has 1 N–H and O–H groups in total. The Kier molecular flexibility index (Phi) is 5.05. The van der Waals surface area contributed by atoms with Gasteiger partial charge in [0.15, 0.2) is 0 Å². The zero-order valence-corrected chi connectivity index (χ0v) is 12.7. The lowest BCUT2D eigenvalue weighted by atomic mass is 10.1. The second-order valence-corrected chi connectivity index (χ2v) is 5.55. The minimum Gasteiger partial charge on any atom is -0.352 e. The average Bonchev–Trinajstić information content (AvgIpc) is 2.39. The maximum Gasteiger partial charge on any atom is 0.252 e. The summed E-state index contributed by atoms with van der Waals surface area (Å²) in [5.74, 6) is -0.0894. The maximum absolute atomic E-state index is 12.0. The van der Waals surface area contributed by atoms with Gasteiger partial charge < -0.3 is 5.32 Å². The van der Waals surface area contributed by atoms with Crippen molar-refractivity contribution < 1.29 is 4.79 Å². The van der Waals surface area contributed by atoms with Gasteiger partial charge >= 0.3 is 0 Å². The molecule has 0 bridgehead atoms. The SMILES string of the molecule is O=C(NCCc1ccccc1)c1ccc(Br)cc1S. The van der Waals surface area contributed by atoms with Crippen molar-refractivity contribution in [2.45, 2.75) is 11.3 Å². The highest BCUT2D eigenvalue weighted by atomic mass is 79.9. The molecule has 0 saturated heterocycles. The lowest BCUT2D eigenvalue weighted by Gasteiger charge is -2.07. The van der Waals surface area contributed by atoms with Crippen LogP contribution in [0.15, 0.2) is 57.9 Å². The van der Waals surface area contributed by atoms with Gasteiger partial charge in [-0.25, -0.2) is 0 Å². The van der Waals surface area contributed by atoms with Crippen LogP contribution in [0.3, 0.4) is 0 Å². The first-order chi connectivity index (χ1) is 9.16. The standard InChI is InChI=1S/C15H14BrNOS/c16-12-6-7-13(14(19)10-12)15(18)17-9-8-11-4-2-1-3-5-11/h1-7,10,19H,8-9H2,(H,17,18). The second kappa shape index (κ2) is 6.78. The van der Waals surface area contributed by atoms with Crippen LogP contribution in [0.2, 0.25) is 0 Å². The van der Waals surface area contributed by atoms with Crippen LogP contribution in [0.25, 0.3) is 0 Å². The number of rotatable bonds is 4. The molecule has 0 spiro atoms. The lowest BCUT2D eigenvalue weighted by Crippen LogP contribution is -2.26. The summed E-state index contributed by atoms with van der Waals surface area (Å²) in [5, 5.41) is 2.90. The predicted molar refractivity (Wildman–Crippen MR) is 83.9 cm³/mol. The summed E-state index contributed by atoms with van der Waals surface area (Å²) >= 11 is 7.66. The topological polar surface area (TPSA) is 29.1 Å². The van der Waals surface area contributed by atoms with Crippen LogP contribution in [0.1, 0.15) is 15.9 Å². The molecule has 2 rings (SSSR count). The third kappa shape index (κ3) is 4.11. The molecule has 1 amide bonds. The zero-order chi connectivity index (χ0) is 13.7. The Labute approximate surface area is 126 Å². The molecular weight excluding hydrogens is 322 g/mol. The Morgan fingerprint density at radius 2 is 1.89 bits per heavy atom. The van der Waals surface area contributed by atoms with Crippen LogP contribution >= 0.6 is 28.6 Å². The minimum absolute atomic E-state index is 0.0894. The minimum atomic E-state index is -0.0894. The molecule has 19 heavy (non-hydrogen) atoms. The fourth-order valence-corrected chi connectivity index (χ4v) is 2.61. The largest absolute Gasteiger partial charge is 0.352 e. The van der Waals surface area contributed by atoms with E-state index in [1.54, 1.807) is 6.07 Å². The van der Waals surface area contributed by atoms with Crippen molar-refractivity contribution in [1.82, 2.24) is 5.32 Å². The third-order valence-corrected chi connectivity index (χ3v) is 3.61. The van der Waals surface area contributed by atoms with E-state index in [9.17, 15) is 4.79 Å². The Balaban J connectivity index is 1.91. The quantitative estimate of drug-likeness (QED) is 0.819. The molecule has 0 aliphatic heterocycles. The fourth-order valence-electron chi connectivity index (χ4n) is 1.76. The van der Waals surface area contributed by atoms with Crippen molar-refractivity contribution >= 4 is 34.5 Å². The molecule has 0 aromatic heterocycles. The van der Waals surface area contributed by atoms with Crippen molar-refractivity contribution in [1.29, 1.82) is 0 Å².